The molecule has 6 aromatic rings. The minimum Gasteiger partial charge on any atom is -0.333 e. The molecule has 2 aliphatic rings. The zero-order valence-corrected chi connectivity index (χ0v) is 20.6. The lowest BCUT2D eigenvalue weighted by Crippen LogP contribution is -2.28. The van der Waals surface area contributed by atoms with Gasteiger partial charge in [0.05, 0.1) is 6.04 Å². The van der Waals surface area contributed by atoms with Crippen LogP contribution in [0.5, 0.6) is 0 Å². The van der Waals surface area contributed by atoms with Crippen molar-refractivity contribution >= 4 is 27.8 Å². The number of para-hydroxylation sites is 1. The number of anilines is 2. The summed E-state index contributed by atoms with van der Waals surface area (Å²) in [5.41, 5.74) is 8.19. The van der Waals surface area contributed by atoms with E-state index in [9.17, 15) is 0 Å². The summed E-state index contributed by atoms with van der Waals surface area (Å²) in [7, 11) is 0. The molecule has 2 unspecified atom stereocenters. The fourth-order valence-corrected chi connectivity index (χ4v) is 6.05. The van der Waals surface area contributed by atoms with Gasteiger partial charge in [-0.3, -0.25) is 4.40 Å². The van der Waals surface area contributed by atoms with Gasteiger partial charge < -0.3 is 4.90 Å². The summed E-state index contributed by atoms with van der Waals surface area (Å²) in [5, 5.41) is 11.3. The van der Waals surface area contributed by atoms with E-state index in [0.29, 0.717) is 12.0 Å². The van der Waals surface area contributed by atoms with Crippen molar-refractivity contribution in [1.82, 2.24) is 14.6 Å². The Morgan fingerprint density at radius 1 is 0.632 bits per heavy atom. The average molecular weight is 489 g/mol. The largest absolute Gasteiger partial charge is 0.333 e. The average Bonchev–Trinajstić information content (AvgIpc) is 3.57. The maximum Gasteiger partial charge on any atom is 0.168 e. The lowest BCUT2D eigenvalue weighted by Gasteiger charge is -2.29. The van der Waals surface area contributed by atoms with E-state index in [0.717, 1.165) is 22.4 Å². The highest BCUT2D eigenvalue weighted by Gasteiger charge is 2.36. The fourth-order valence-electron chi connectivity index (χ4n) is 6.05. The number of rotatable bonds is 3. The van der Waals surface area contributed by atoms with Crippen molar-refractivity contribution < 1.29 is 0 Å². The van der Waals surface area contributed by atoms with Gasteiger partial charge in [0.2, 0.25) is 0 Å². The van der Waals surface area contributed by atoms with Crippen molar-refractivity contribution in [2.75, 3.05) is 4.90 Å². The second-order valence-corrected chi connectivity index (χ2v) is 9.96. The Labute approximate surface area is 220 Å². The maximum absolute atomic E-state index is 4.54. The quantitative estimate of drug-likeness (QED) is 0.253. The number of benzene rings is 4. The highest BCUT2D eigenvalue weighted by molar-refractivity contribution is 5.94. The molecule has 0 fully saturated rings. The Balaban J connectivity index is 1.15. The van der Waals surface area contributed by atoms with Crippen LogP contribution in [0.3, 0.4) is 0 Å². The molecule has 4 nitrogen and oxygen atoms in total. The molecule has 2 atom stereocenters. The monoisotopic (exact) mass is 488 g/mol. The van der Waals surface area contributed by atoms with Crippen LogP contribution in [0.2, 0.25) is 0 Å². The van der Waals surface area contributed by atoms with E-state index < -0.39 is 0 Å². The number of hydrogen-bond donors (Lipinski definition) is 0. The van der Waals surface area contributed by atoms with Crippen LogP contribution in [0.4, 0.5) is 11.4 Å². The van der Waals surface area contributed by atoms with Gasteiger partial charge >= 0.3 is 0 Å². The zero-order chi connectivity index (χ0) is 25.1. The molecule has 4 aromatic carbocycles. The van der Waals surface area contributed by atoms with Crippen molar-refractivity contribution in [1.29, 1.82) is 0 Å². The molecule has 8 rings (SSSR count). The first kappa shape index (κ1) is 21.2. The number of aromatic nitrogens is 3. The first-order valence-corrected chi connectivity index (χ1v) is 13.0. The predicted molar refractivity (Wildman–Crippen MR) is 155 cm³/mol. The maximum atomic E-state index is 4.54. The molecule has 0 radical (unpaired) electrons. The van der Waals surface area contributed by atoms with Crippen molar-refractivity contribution in [3.05, 3.63) is 139 Å². The molecule has 4 heteroatoms. The highest BCUT2D eigenvalue weighted by Crippen LogP contribution is 2.47. The lowest BCUT2D eigenvalue weighted by atomic mass is 9.91. The van der Waals surface area contributed by atoms with Crippen molar-refractivity contribution in [2.24, 2.45) is 0 Å². The SMILES string of the molecule is C1=CC2c3ccccc3N(c3cccc(-c4ccc(-c5nnc6c7ccccc7ccn56)cc4)c3)C2C=C1. The van der Waals surface area contributed by atoms with Gasteiger partial charge in [-0.05, 0) is 46.3 Å². The predicted octanol–water partition coefficient (Wildman–Crippen LogP) is 7.95. The van der Waals surface area contributed by atoms with Gasteiger partial charge in [-0.15, -0.1) is 10.2 Å². The Morgan fingerprint density at radius 2 is 1.45 bits per heavy atom. The van der Waals surface area contributed by atoms with Gasteiger partial charge in [0.25, 0.3) is 0 Å². The summed E-state index contributed by atoms with van der Waals surface area (Å²) >= 11 is 0. The van der Waals surface area contributed by atoms with E-state index in [1.165, 1.54) is 33.5 Å². The van der Waals surface area contributed by atoms with Gasteiger partial charge in [-0.25, -0.2) is 0 Å². The minimum atomic E-state index is 0.298. The summed E-state index contributed by atoms with van der Waals surface area (Å²) < 4.78 is 2.07. The van der Waals surface area contributed by atoms with E-state index in [2.05, 4.69) is 141 Å². The van der Waals surface area contributed by atoms with Crippen LogP contribution < -0.4 is 4.90 Å². The first-order valence-electron chi connectivity index (χ1n) is 13.0. The van der Waals surface area contributed by atoms with Crippen LogP contribution in [0.1, 0.15) is 11.5 Å². The number of nitrogens with zero attached hydrogens (tertiary/aromatic N) is 4. The van der Waals surface area contributed by atoms with Crippen LogP contribution >= 0.6 is 0 Å². The molecule has 0 spiro atoms. The minimum absolute atomic E-state index is 0.298. The summed E-state index contributed by atoms with van der Waals surface area (Å²) in [6.07, 6.45) is 11.0. The lowest BCUT2D eigenvalue weighted by molar-refractivity contribution is 0.745. The van der Waals surface area contributed by atoms with Gasteiger partial charge in [0.15, 0.2) is 11.5 Å². The molecular weight excluding hydrogens is 464 g/mol. The number of allylic oxidation sites excluding steroid dienone is 2. The summed E-state index contributed by atoms with van der Waals surface area (Å²) in [4.78, 5) is 2.48. The molecular formula is C34H24N4. The Hall–Kier alpha value is -4.96. The molecule has 1 aliphatic carbocycles. The van der Waals surface area contributed by atoms with Gasteiger partial charge in [0.1, 0.15) is 0 Å². The number of fused-ring (bicyclic) bond motifs is 6. The van der Waals surface area contributed by atoms with Gasteiger partial charge in [-0.1, -0.05) is 103 Å². The van der Waals surface area contributed by atoms with E-state index in [-0.39, 0.29) is 0 Å². The van der Waals surface area contributed by atoms with Gasteiger partial charge in [-0.2, -0.15) is 0 Å². The van der Waals surface area contributed by atoms with Crippen LogP contribution in [0.25, 0.3) is 38.9 Å². The van der Waals surface area contributed by atoms with E-state index in [4.69, 9.17) is 0 Å². The topological polar surface area (TPSA) is 33.4 Å². The molecule has 0 saturated carbocycles. The third-order valence-corrected chi connectivity index (χ3v) is 7.86. The molecule has 0 amide bonds. The molecule has 180 valence electrons. The summed E-state index contributed by atoms with van der Waals surface area (Å²) in [6, 6.07) is 37.0. The van der Waals surface area contributed by atoms with Crippen molar-refractivity contribution in [2.45, 2.75) is 12.0 Å². The van der Waals surface area contributed by atoms with Crippen molar-refractivity contribution in [3.63, 3.8) is 0 Å². The smallest absolute Gasteiger partial charge is 0.168 e. The summed E-state index contributed by atoms with van der Waals surface area (Å²) in [5.74, 6) is 1.23. The van der Waals surface area contributed by atoms with Crippen molar-refractivity contribution in [3.8, 4) is 22.5 Å². The number of hydrogen-bond acceptors (Lipinski definition) is 3. The first-order chi connectivity index (χ1) is 18.8. The number of pyridine rings is 1. The van der Waals surface area contributed by atoms with E-state index >= 15 is 0 Å². The molecule has 3 heterocycles. The standard InChI is InChI=1S/C34H24N4/c1-2-11-28-24(8-1)20-21-37-33(35-36-34(28)37)25-18-16-23(17-19-25)26-9-7-10-27(22-26)38-31-14-5-3-12-29(31)30-13-4-6-15-32(30)38/h1-22,29,31H. The second-order valence-electron chi connectivity index (χ2n) is 9.96. The third kappa shape index (κ3) is 3.17. The molecule has 38 heavy (non-hydrogen) atoms. The van der Waals surface area contributed by atoms with Crippen LogP contribution in [0.15, 0.2) is 134 Å². The van der Waals surface area contributed by atoms with Crippen LogP contribution in [0, 0.1) is 0 Å². The van der Waals surface area contributed by atoms with Gasteiger partial charge in [0, 0.05) is 34.4 Å². The highest BCUT2D eigenvalue weighted by atomic mass is 15.2. The fraction of sp³-hybridized carbons (Fsp3) is 0.0588. The zero-order valence-electron chi connectivity index (χ0n) is 20.6. The van der Waals surface area contributed by atoms with E-state index in [1.807, 2.05) is 12.1 Å². The van der Waals surface area contributed by atoms with Crippen LogP contribution in [-0.2, 0) is 0 Å². The normalized spacial score (nSPS) is 17.7. The Kier molecular flexibility index (Phi) is 4.61. The molecule has 0 N–H and O–H groups in total. The Morgan fingerprint density at radius 3 is 2.39 bits per heavy atom. The molecule has 0 saturated heterocycles. The molecule has 0 bridgehead atoms. The van der Waals surface area contributed by atoms with E-state index in [1.54, 1.807) is 0 Å². The Bertz CT molecular complexity index is 1890. The second kappa shape index (κ2) is 8.29. The summed E-state index contributed by atoms with van der Waals surface area (Å²) in [6.45, 7) is 0. The molecule has 2 aromatic heterocycles. The third-order valence-electron chi connectivity index (χ3n) is 7.86. The van der Waals surface area contributed by atoms with Crippen LogP contribution in [-0.4, -0.2) is 20.6 Å². The molecule has 1 aliphatic heterocycles.